The minimum atomic E-state index is -1.37. The third-order valence-corrected chi connectivity index (χ3v) is 5.53. The lowest BCUT2D eigenvalue weighted by Crippen LogP contribution is -2.32. The molecule has 170 valence electrons. The van der Waals surface area contributed by atoms with Crippen LogP contribution >= 0.6 is 0 Å². The Morgan fingerprint density at radius 3 is 1.21 bits per heavy atom. The van der Waals surface area contributed by atoms with Crippen LogP contribution in [0.5, 0.6) is 0 Å². The van der Waals surface area contributed by atoms with Crippen molar-refractivity contribution < 1.29 is 24.1 Å². The van der Waals surface area contributed by atoms with Gasteiger partial charge < -0.3 is 15.3 Å². The molecule has 0 aliphatic carbocycles. The molecule has 0 saturated carbocycles. The van der Waals surface area contributed by atoms with Crippen molar-refractivity contribution in [2.45, 2.75) is 147 Å². The van der Waals surface area contributed by atoms with Crippen molar-refractivity contribution in [1.82, 2.24) is 0 Å². The maximum Gasteiger partial charge on any atom is 0.126 e. The highest BCUT2D eigenvalue weighted by Gasteiger charge is 2.26. The van der Waals surface area contributed by atoms with Crippen LogP contribution in [-0.2, 0) is 0 Å². The van der Waals surface area contributed by atoms with Crippen LogP contribution in [0.4, 0.5) is 8.78 Å². The van der Waals surface area contributed by atoms with E-state index in [0.29, 0.717) is 0 Å². The summed E-state index contributed by atoms with van der Waals surface area (Å²) < 4.78 is 28.0. The number of hydrogen-bond acceptors (Lipinski definition) is 3. The first kappa shape index (κ1) is 27.7. The first-order chi connectivity index (χ1) is 13.4. The van der Waals surface area contributed by atoms with Gasteiger partial charge in [-0.25, -0.2) is 8.78 Å². The van der Waals surface area contributed by atoms with Crippen LogP contribution in [0.1, 0.15) is 117 Å². The molecule has 0 radical (unpaired) electrons. The van der Waals surface area contributed by atoms with Crippen LogP contribution in [-0.4, -0.2) is 46.0 Å². The van der Waals surface area contributed by atoms with E-state index in [9.17, 15) is 24.1 Å². The number of hydrogen-bond donors (Lipinski definition) is 3. The van der Waals surface area contributed by atoms with E-state index in [1.807, 2.05) is 0 Å². The van der Waals surface area contributed by atoms with Gasteiger partial charge in [-0.1, -0.05) is 90.9 Å². The lowest BCUT2D eigenvalue weighted by Gasteiger charge is -2.22. The molecule has 0 aliphatic heterocycles. The fourth-order valence-electron chi connectivity index (χ4n) is 3.57. The minimum Gasteiger partial charge on any atom is -0.393 e. The maximum absolute atomic E-state index is 14.0. The Morgan fingerprint density at radius 1 is 0.536 bits per heavy atom. The second-order valence-corrected chi connectivity index (χ2v) is 8.40. The lowest BCUT2D eigenvalue weighted by atomic mass is 9.96. The van der Waals surface area contributed by atoms with Crippen molar-refractivity contribution in [2.75, 3.05) is 0 Å². The van der Waals surface area contributed by atoms with Gasteiger partial charge in [0, 0.05) is 12.8 Å². The highest BCUT2D eigenvalue weighted by Crippen LogP contribution is 2.20. The first-order valence-corrected chi connectivity index (χ1v) is 11.7. The monoisotopic (exact) mass is 408 g/mol. The molecule has 0 aromatic heterocycles. The summed E-state index contributed by atoms with van der Waals surface area (Å²) in [6.45, 7) is 4.30. The molecule has 0 aromatic rings. The maximum atomic E-state index is 14.0. The smallest absolute Gasteiger partial charge is 0.126 e. The van der Waals surface area contributed by atoms with E-state index in [0.717, 1.165) is 51.4 Å². The van der Waals surface area contributed by atoms with E-state index in [1.165, 1.54) is 25.7 Å². The Hall–Kier alpha value is -0.260. The van der Waals surface area contributed by atoms with Gasteiger partial charge in [0.25, 0.3) is 0 Å². The molecule has 5 heteroatoms. The van der Waals surface area contributed by atoms with Gasteiger partial charge in [-0.15, -0.1) is 0 Å². The highest BCUT2D eigenvalue weighted by molar-refractivity contribution is 4.77. The molecule has 0 aromatic carbocycles. The van der Waals surface area contributed by atoms with Gasteiger partial charge in [0.15, 0.2) is 0 Å². The van der Waals surface area contributed by atoms with Crippen LogP contribution in [0.3, 0.4) is 0 Å². The molecule has 0 spiro atoms. The standard InChI is InChI=1S/C23H46F2O3/c1-3-5-7-9-11-13-15-20(24)22(27)17-19(26)18-23(28)21(25)16-14-12-10-8-6-4-2/h19-23,26-28H,3-18H2,1-2H3/t20-,21-,22+,23+/m0/s1. The molecule has 4 atom stereocenters. The number of alkyl halides is 2. The topological polar surface area (TPSA) is 60.7 Å². The van der Waals surface area contributed by atoms with E-state index in [2.05, 4.69) is 13.8 Å². The molecule has 3 nitrogen and oxygen atoms in total. The summed E-state index contributed by atoms with van der Waals surface area (Å²) in [4.78, 5) is 0. The van der Waals surface area contributed by atoms with Gasteiger partial charge >= 0.3 is 0 Å². The van der Waals surface area contributed by atoms with E-state index in [1.54, 1.807) is 0 Å². The number of rotatable bonds is 20. The van der Waals surface area contributed by atoms with E-state index in [4.69, 9.17) is 0 Å². The van der Waals surface area contributed by atoms with Crippen molar-refractivity contribution in [1.29, 1.82) is 0 Å². The summed E-state index contributed by atoms with van der Waals surface area (Å²) in [5, 5.41) is 29.8. The predicted molar refractivity (Wildman–Crippen MR) is 113 cm³/mol. The molecule has 3 N–H and O–H groups in total. The number of unbranched alkanes of at least 4 members (excludes halogenated alkanes) is 10. The second-order valence-electron chi connectivity index (χ2n) is 8.40. The fraction of sp³-hybridized carbons (Fsp3) is 1.00. The highest BCUT2D eigenvalue weighted by atomic mass is 19.1. The summed E-state index contributed by atoms with van der Waals surface area (Å²) >= 11 is 0. The Labute approximate surface area is 171 Å². The van der Waals surface area contributed by atoms with Crippen LogP contribution in [0, 0.1) is 0 Å². The zero-order valence-electron chi connectivity index (χ0n) is 18.3. The fourth-order valence-corrected chi connectivity index (χ4v) is 3.57. The summed E-state index contributed by atoms with van der Waals surface area (Å²) in [5.74, 6) is 0. The van der Waals surface area contributed by atoms with Crippen molar-refractivity contribution in [2.24, 2.45) is 0 Å². The summed E-state index contributed by atoms with van der Waals surface area (Å²) in [6, 6.07) is 0. The third kappa shape index (κ3) is 15.6. The lowest BCUT2D eigenvalue weighted by molar-refractivity contribution is -0.0126. The Morgan fingerprint density at radius 2 is 0.857 bits per heavy atom. The van der Waals surface area contributed by atoms with Crippen LogP contribution in [0.15, 0.2) is 0 Å². The number of aliphatic hydroxyl groups is 3. The summed E-state index contributed by atoms with van der Waals surface area (Å²) in [7, 11) is 0. The van der Waals surface area contributed by atoms with Crippen molar-refractivity contribution >= 4 is 0 Å². The van der Waals surface area contributed by atoms with Gasteiger partial charge in [0.1, 0.15) is 12.3 Å². The molecule has 0 fully saturated rings. The van der Waals surface area contributed by atoms with Gasteiger partial charge in [-0.3, -0.25) is 0 Å². The molecule has 0 amide bonds. The second kappa shape index (κ2) is 18.7. The normalized spacial score (nSPS) is 16.3. The summed E-state index contributed by atoms with van der Waals surface area (Å²) in [5.41, 5.74) is 0. The van der Waals surface area contributed by atoms with Gasteiger partial charge in [-0.2, -0.15) is 0 Å². The molecule has 0 saturated heterocycles. The van der Waals surface area contributed by atoms with Crippen molar-refractivity contribution in [3.05, 3.63) is 0 Å². The summed E-state index contributed by atoms with van der Waals surface area (Å²) in [6.07, 6.45) is 6.52. The minimum absolute atomic E-state index is 0.155. The van der Waals surface area contributed by atoms with E-state index >= 15 is 0 Å². The zero-order valence-corrected chi connectivity index (χ0v) is 18.3. The van der Waals surface area contributed by atoms with Crippen LogP contribution in [0.2, 0.25) is 0 Å². The van der Waals surface area contributed by atoms with E-state index in [-0.39, 0.29) is 25.7 Å². The molecule has 0 bridgehead atoms. The van der Waals surface area contributed by atoms with Crippen molar-refractivity contribution in [3.8, 4) is 0 Å². The SMILES string of the molecule is CCCCCCCC[C@H](F)[C@H](O)CC(O)C[C@@H](O)[C@@H](F)CCCCCCCC. The zero-order chi connectivity index (χ0) is 21.2. The largest absolute Gasteiger partial charge is 0.393 e. The molecule has 28 heavy (non-hydrogen) atoms. The third-order valence-electron chi connectivity index (χ3n) is 5.53. The van der Waals surface area contributed by atoms with Crippen LogP contribution in [0.25, 0.3) is 0 Å². The Kier molecular flexibility index (Phi) is 18.6. The van der Waals surface area contributed by atoms with Crippen molar-refractivity contribution in [3.63, 3.8) is 0 Å². The molecule has 0 unspecified atom stereocenters. The van der Waals surface area contributed by atoms with E-state index < -0.39 is 30.7 Å². The van der Waals surface area contributed by atoms with Gasteiger partial charge in [0.2, 0.25) is 0 Å². The number of aliphatic hydroxyl groups excluding tert-OH is 3. The molecule has 0 heterocycles. The van der Waals surface area contributed by atoms with Gasteiger partial charge in [-0.05, 0) is 12.8 Å². The Balaban J connectivity index is 3.85. The molecular weight excluding hydrogens is 362 g/mol. The average Bonchev–Trinajstić information content (AvgIpc) is 2.66. The molecule has 0 aliphatic rings. The Bertz CT molecular complexity index is 301. The molecular formula is C23H46F2O3. The number of halogens is 2. The predicted octanol–water partition coefficient (Wildman–Crippen LogP) is 6.03. The quantitative estimate of drug-likeness (QED) is 0.216. The van der Waals surface area contributed by atoms with Gasteiger partial charge in [0.05, 0.1) is 18.3 Å². The van der Waals surface area contributed by atoms with Crippen LogP contribution < -0.4 is 0 Å². The first-order valence-electron chi connectivity index (χ1n) is 11.7. The average molecular weight is 409 g/mol. The molecule has 0 rings (SSSR count).